The minimum absolute atomic E-state index is 0.119. The van der Waals surface area contributed by atoms with E-state index in [2.05, 4.69) is 0 Å². The molecule has 1 fully saturated rings. The molecule has 0 aromatic rings. The molecule has 1 saturated heterocycles. The first-order valence-electron chi connectivity index (χ1n) is 5.11. The Morgan fingerprint density at radius 2 is 1.73 bits per heavy atom. The highest BCUT2D eigenvalue weighted by molar-refractivity contribution is 6.62. The molecule has 0 bridgehead atoms. The topological polar surface area (TPSA) is 46.2 Å². The summed E-state index contributed by atoms with van der Waals surface area (Å²) in [4.78, 5) is 0. The second kappa shape index (κ2) is 5.93. The lowest BCUT2D eigenvalue weighted by Gasteiger charge is -2.36. The smallest absolute Gasteiger partial charge is 0.376 e. The van der Waals surface area contributed by atoms with Gasteiger partial charge in [0, 0.05) is 21.3 Å². The normalized spacial score (nSPS) is 20.0. The van der Waals surface area contributed by atoms with Crippen molar-refractivity contribution in [3.05, 3.63) is 0 Å². The molecule has 0 aliphatic carbocycles. The van der Waals surface area contributed by atoms with E-state index in [9.17, 15) is 0 Å². The monoisotopic (exact) mass is 236 g/mol. The third kappa shape index (κ3) is 2.77. The Bertz CT molecular complexity index is 173. The molecule has 0 N–H and O–H groups in total. The average Bonchev–Trinajstić information content (AvgIpc) is 2.22. The molecule has 15 heavy (non-hydrogen) atoms. The third-order valence-electron chi connectivity index (χ3n) is 2.58. The number of hydrogen-bond acceptors (Lipinski definition) is 5. The van der Waals surface area contributed by atoms with Crippen LogP contribution >= 0.6 is 0 Å². The van der Waals surface area contributed by atoms with E-state index in [4.69, 9.17) is 22.8 Å². The fourth-order valence-corrected chi connectivity index (χ4v) is 3.75. The molecular formula is C9H20O5Si. The highest BCUT2D eigenvalue weighted by Gasteiger charge is 2.49. The van der Waals surface area contributed by atoms with Gasteiger partial charge in [-0.05, 0) is 6.42 Å². The summed E-state index contributed by atoms with van der Waals surface area (Å²) in [5, 5.41) is 0. The lowest BCUT2D eigenvalue weighted by Crippen LogP contribution is -2.57. The molecule has 0 aromatic heterocycles. The summed E-state index contributed by atoms with van der Waals surface area (Å²) in [5.41, 5.74) is -0.119. The zero-order chi connectivity index (χ0) is 11.3. The van der Waals surface area contributed by atoms with Crippen LogP contribution in [0.2, 0.25) is 0 Å². The molecule has 1 atom stereocenters. The third-order valence-corrected chi connectivity index (χ3v) is 5.62. The fraction of sp³-hybridized carbons (Fsp3) is 1.00. The summed E-state index contributed by atoms with van der Waals surface area (Å²) in [5.74, 6) is 0. The molecule has 0 amide bonds. The number of rotatable bonds is 7. The molecule has 1 aliphatic heterocycles. The lowest BCUT2D eigenvalue weighted by molar-refractivity contribution is -0.152. The van der Waals surface area contributed by atoms with Crippen LogP contribution in [-0.4, -0.2) is 55.2 Å². The molecule has 0 aromatic carbocycles. The fourth-order valence-electron chi connectivity index (χ4n) is 1.60. The van der Waals surface area contributed by atoms with Crippen molar-refractivity contribution in [2.75, 3.05) is 34.5 Å². The van der Waals surface area contributed by atoms with E-state index in [0.717, 1.165) is 6.42 Å². The zero-order valence-electron chi connectivity index (χ0n) is 9.82. The van der Waals surface area contributed by atoms with Gasteiger partial charge in [-0.3, -0.25) is 0 Å². The Morgan fingerprint density at radius 3 is 2.00 bits per heavy atom. The van der Waals surface area contributed by atoms with Gasteiger partial charge in [-0.2, -0.15) is 0 Å². The highest BCUT2D eigenvalue weighted by atomic mass is 28.4. The average molecular weight is 236 g/mol. The number of hydrogen-bond donors (Lipinski definition) is 0. The predicted molar refractivity (Wildman–Crippen MR) is 56.6 cm³/mol. The van der Waals surface area contributed by atoms with Gasteiger partial charge in [0.15, 0.2) is 0 Å². The van der Waals surface area contributed by atoms with Gasteiger partial charge in [0.2, 0.25) is 0 Å². The Morgan fingerprint density at radius 1 is 1.20 bits per heavy atom. The molecular weight excluding hydrogens is 216 g/mol. The molecule has 1 heterocycles. The molecule has 90 valence electrons. The van der Waals surface area contributed by atoms with Crippen molar-refractivity contribution < 1.29 is 22.8 Å². The van der Waals surface area contributed by atoms with Crippen LogP contribution in [0.1, 0.15) is 13.3 Å². The van der Waals surface area contributed by atoms with Crippen molar-refractivity contribution in [3.63, 3.8) is 0 Å². The van der Waals surface area contributed by atoms with Crippen LogP contribution in [0.15, 0.2) is 0 Å². The van der Waals surface area contributed by atoms with Gasteiger partial charge >= 0.3 is 8.80 Å². The maximum Gasteiger partial charge on any atom is 0.530 e. The summed E-state index contributed by atoms with van der Waals surface area (Å²) < 4.78 is 27.1. The highest BCUT2D eigenvalue weighted by Crippen LogP contribution is 2.21. The molecule has 5 nitrogen and oxygen atoms in total. The van der Waals surface area contributed by atoms with Crippen LogP contribution in [-0.2, 0) is 22.8 Å². The van der Waals surface area contributed by atoms with Gasteiger partial charge in [-0.1, -0.05) is 6.92 Å². The van der Waals surface area contributed by atoms with Crippen LogP contribution in [0.5, 0.6) is 0 Å². The maximum absolute atomic E-state index is 5.84. The van der Waals surface area contributed by atoms with Crippen LogP contribution in [0.25, 0.3) is 0 Å². The minimum Gasteiger partial charge on any atom is -0.376 e. The first kappa shape index (κ1) is 13.1. The molecule has 1 aliphatic rings. The summed E-state index contributed by atoms with van der Waals surface area (Å²) in [6.07, 6.45) is 0.959. The molecule has 0 saturated carbocycles. The van der Waals surface area contributed by atoms with Crippen LogP contribution < -0.4 is 0 Å². The SMILES string of the molecule is CCC(OC1COC1)[Si](OC)(OC)OC. The minimum atomic E-state index is -2.67. The van der Waals surface area contributed by atoms with Crippen molar-refractivity contribution in [1.82, 2.24) is 0 Å². The van der Waals surface area contributed by atoms with Crippen molar-refractivity contribution >= 4 is 8.80 Å². The van der Waals surface area contributed by atoms with Gasteiger partial charge in [0.05, 0.1) is 13.2 Å². The van der Waals surface area contributed by atoms with Crippen molar-refractivity contribution in [3.8, 4) is 0 Å². The maximum atomic E-state index is 5.84. The van der Waals surface area contributed by atoms with Crippen LogP contribution in [0.4, 0.5) is 0 Å². The van der Waals surface area contributed by atoms with E-state index >= 15 is 0 Å². The second-order valence-corrected chi connectivity index (χ2v) is 6.48. The van der Waals surface area contributed by atoms with E-state index in [0.29, 0.717) is 13.2 Å². The molecule has 6 heteroatoms. The summed E-state index contributed by atoms with van der Waals surface area (Å²) in [7, 11) is 2.13. The van der Waals surface area contributed by atoms with Gasteiger partial charge in [-0.25, -0.2) is 0 Å². The van der Waals surface area contributed by atoms with E-state index in [-0.39, 0.29) is 11.8 Å². The molecule has 0 radical (unpaired) electrons. The standard InChI is InChI=1S/C9H20O5Si/c1-5-9(14-8-6-13-7-8)15(10-2,11-3)12-4/h8-9H,5-7H2,1-4H3. The summed E-state index contributed by atoms with van der Waals surface area (Å²) >= 11 is 0. The quantitative estimate of drug-likeness (QED) is 0.606. The second-order valence-electron chi connectivity index (χ2n) is 3.41. The van der Waals surface area contributed by atoms with Crippen LogP contribution in [0.3, 0.4) is 0 Å². The predicted octanol–water partition coefficient (Wildman–Crippen LogP) is 0.598. The van der Waals surface area contributed by atoms with Gasteiger partial charge in [0.25, 0.3) is 0 Å². The molecule has 1 unspecified atom stereocenters. The summed E-state index contributed by atoms with van der Waals surface area (Å²) in [6.45, 7) is 3.33. The number of ether oxygens (including phenoxy) is 2. The van der Waals surface area contributed by atoms with Gasteiger partial charge < -0.3 is 22.8 Å². The van der Waals surface area contributed by atoms with Crippen molar-refractivity contribution in [2.24, 2.45) is 0 Å². The Balaban J connectivity index is 2.58. The van der Waals surface area contributed by atoms with E-state index < -0.39 is 8.80 Å². The van der Waals surface area contributed by atoms with E-state index in [1.165, 1.54) is 0 Å². The molecule has 1 rings (SSSR count). The van der Waals surface area contributed by atoms with E-state index in [1.807, 2.05) is 6.92 Å². The Kier molecular flexibility index (Phi) is 5.17. The largest absolute Gasteiger partial charge is 0.530 e. The summed E-state index contributed by atoms with van der Waals surface area (Å²) in [6, 6.07) is 0. The first-order valence-corrected chi connectivity index (χ1v) is 6.91. The molecule has 0 spiro atoms. The van der Waals surface area contributed by atoms with E-state index in [1.54, 1.807) is 21.3 Å². The van der Waals surface area contributed by atoms with Crippen molar-refractivity contribution in [2.45, 2.75) is 25.2 Å². The Labute approximate surface area is 92.0 Å². The van der Waals surface area contributed by atoms with Gasteiger partial charge in [-0.15, -0.1) is 0 Å². The van der Waals surface area contributed by atoms with Crippen molar-refractivity contribution in [1.29, 1.82) is 0 Å². The lowest BCUT2D eigenvalue weighted by atomic mass is 10.3. The van der Waals surface area contributed by atoms with Gasteiger partial charge in [0.1, 0.15) is 11.8 Å². The Hall–Kier alpha value is 0.0169. The first-order chi connectivity index (χ1) is 7.22. The van der Waals surface area contributed by atoms with Crippen LogP contribution in [0, 0.1) is 0 Å². The zero-order valence-corrected chi connectivity index (χ0v) is 10.8.